The van der Waals surface area contributed by atoms with Gasteiger partial charge in [0.25, 0.3) is 0 Å². The van der Waals surface area contributed by atoms with Gasteiger partial charge in [-0.15, -0.1) is 0 Å². The summed E-state index contributed by atoms with van der Waals surface area (Å²) in [6.07, 6.45) is 17.0. The minimum atomic E-state index is -0.157. The van der Waals surface area contributed by atoms with Crippen LogP contribution in [-0.4, -0.2) is 34.0 Å². The van der Waals surface area contributed by atoms with Crippen molar-refractivity contribution in [2.24, 2.45) is 74.9 Å². The first-order valence-electron chi connectivity index (χ1n) is 20.1. The van der Waals surface area contributed by atoms with Gasteiger partial charge in [0, 0.05) is 31.1 Å². The summed E-state index contributed by atoms with van der Waals surface area (Å²) in [5.74, 6) is 5.43. The lowest BCUT2D eigenvalue weighted by atomic mass is 9.44. The first-order chi connectivity index (χ1) is 22.7. The molecule has 2 N–H and O–H groups in total. The van der Waals surface area contributed by atoms with E-state index in [0.717, 1.165) is 57.8 Å². The Balaban J connectivity index is 0.000000152. The van der Waals surface area contributed by atoms with E-state index in [2.05, 4.69) is 47.6 Å². The zero-order valence-electron chi connectivity index (χ0n) is 31.0. The van der Waals surface area contributed by atoms with Gasteiger partial charge in [-0.25, -0.2) is 0 Å². The summed E-state index contributed by atoms with van der Waals surface area (Å²) in [5.41, 5.74) is 3.49. The molecule has 0 aromatic carbocycles. The Kier molecular flexibility index (Phi) is 8.96. The Hall–Kier alpha value is -1.51. The summed E-state index contributed by atoms with van der Waals surface area (Å²) < 4.78 is 0. The summed E-state index contributed by atoms with van der Waals surface area (Å²) in [5, 5.41) is 29.4. The van der Waals surface area contributed by atoms with Crippen LogP contribution in [0.1, 0.15) is 151 Å². The zero-order chi connectivity index (χ0) is 34.4. The Morgan fingerprint density at radius 1 is 0.708 bits per heavy atom. The average molecular weight is 660 g/mol. The molecule has 8 fully saturated rings. The van der Waals surface area contributed by atoms with Crippen molar-refractivity contribution in [3.05, 3.63) is 11.1 Å². The third-order valence-corrected chi connectivity index (χ3v) is 17.6. The molecule has 8 aliphatic rings. The van der Waals surface area contributed by atoms with Crippen LogP contribution >= 0.6 is 0 Å². The molecule has 0 saturated heterocycles. The van der Waals surface area contributed by atoms with Gasteiger partial charge in [-0.05, 0) is 167 Å². The zero-order valence-corrected chi connectivity index (χ0v) is 31.0. The van der Waals surface area contributed by atoms with E-state index in [0.29, 0.717) is 65.8 Å². The van der Waals surface area contributed by atoms with Crippen molar-refractivity contribution in [1.29, 1.82) is 5.26 Å². The number of fused-ring (bicyclic) bond motifs is 10. The van der Waals surface area contributed by atoms with Crippen LogP contribution in [0.25, 0.3) is 0 Å². The molecule has 8 rings (SSSR count). The van der Waals surface area contributed by atoms with Gasteiger partial charge < -0.3 is 10.2 Å². The number of carbonyl (C=O) groups excluding carboxylic acids is 2. The monoisotopic (exact) mass is 659 g/mol. The van der Waals surface area contributed by atoms with E-state index in [4.69, 9.17) is 0 Å². The molecule has 0 aromatic rings. The quantitative estimate of drug-likeness (QED) is 0.274. The number of nitrogens with zero attached hydrogens (tertiary/aromatic N) is 1. The molecule has 0 bridgehead atoms. The molecule has 0 heterocycles. The maximum Gasteiger partial charge on any atom is 0.137 e. The van der Waals surface area contributed by atoms with Crippen LogP contribution in [0, 0.1) is 86.3 Å². The highest BCUT2D eigenvalue weighted by atomic mass is 16.3. The van der Waals surface area contributed by atoms with Gasteiger partial charge >= 0.3 is 0 Å². The van der Waals surface area contributed by atoms with Gasteiger partial charge in [-0.3, -0.25) is 9.59 Å². The maximum absolute atomic E-state index is 13.4. The number of nitriles is 1. The fourth-order valence-electron chi connectivity index (χ4n) is 15.3. The molecule has 266 valence electrons. The van der Waals surface area contributed by atoms with Gasteiger partial charge in [0.1, 0.15) is 11.6 Å². The summed E-state index contributed by atoms with van der Waals surface area (Å²) in [7, 11) is 0. The van der Waals surface area contributed by atoms with Crippen LogP contribution in [0.15, 0.2) is 11.1 Å². The van der Waals surface area contributed by atoms with Gasteiger partial charge in [-0.1, -0.05) is 38.8 Å². The molecule has 8 saturated carbocycles. The fraction of sp³-hybridized carbons (Fsp3) is 0.884. The Bertz CT molecular complexity index is 1370. The number of aliphatic hydroxyl groups is 2. The lowest BCUT2D eigenvalue weighted by Gasteiger charge is -2.59. The SMILES string of the molecule is CC(C)=C1CC[C@H]2[C@@H]3CC[C@H]4C[C@H](O)CC[C@]4(C)[C@H]3C(=O)C[C@]12C.C[C@]12CC[C@@H](O)C[C@@H]1CC[C@H]1[C@@H]3CC[C@H](CC#N)[C@@]3(C)CC(=O)[C@@H]12. The van der Waals surface area contributed by atoms with Crippen molar-refractivity contribution in [2.75, 3.05) is 0 Å². The van der Waals surface area contributed by atoms with E-state index in [-0.39, 0.29) is 45.7 Å². The van der Waals surface area contributed by atoms with Crippen molar-refractivity contribution >= 4 is 11.6 Å². The van der Waals surface area contributed by atoms with E-state index < -0.39 is 0 Å². The van der Waals surface area contributed by atoms with Gasteiger partial charge in [-0.2, -0.15) is 5.26 Å². The summed E-state index contributed by atoms with van der Waals surface area (Å²) in [4.78, 5) is 26.7. The molecule has 0 aromatic heterocycles. The molecule has 5 nitrogen and oxygen atoms in total. The number of ketones is 2. The van der Waals surface area contributed by atoms with Crippen LogP contribution in [-0.2, 0) is 9.59 Å². The first kappa shape index (κ1) is 34.9. The lowest BCUT2D eigenvalue weighted by molar-refractivity contribution is -0.161. The molecule has 15 atom stereocenters. The van der Waals surface area contributed by atoms with E-state index in [1.54, 1.807) is 5.57 Å². The number of aliphatic hydroxyl groups excluding tert-OH is 2. The van der Waals surface area contributed by atoms with Crippen molar-refractivity contribution in [1.82, 2.24) is 0 Å². The molecule has 48 heavy (non-hydrogen) atoms. The lowest BCUT2D eigenvalue weighted by Crippen LogP contribution is -2.57. The summed E-state index contributed by atoms with van der Waals surface area (Å²) in [6.45, 7) is 13.9. The minimum Gasteiger partial charge on any atom is -0.393 e. The molecule has 0 aliphatic heterocycles. The largest absolute Gasteiger partial charge is 0.393 e. The van der Waals surface area contributed by atoms with Crippen LogP contribution < -0.4 is 0 Å². The highest BCUT2D eigenvalue weighted by molar-refractivity contribution is 5.85. The molecule has 0 radical (unpaired) electrons. The molecule has 0 amide bonds. The number of carbonyl (C=O) groups is 2. The van der Waals surface area contributed by atoms with Crippen LogP contribution in [0.2, 0.25) is 0 Å². The van der Waals surface area contributed by atoms with E-state index in [9.17, 15) is 25.1 Å². The Morgan fingerprint density at radius 2 is 1.25 bits per heavy atom. The maximum atomic E-state index is 13.4. The number of hydrogen-bond donors (Lipinski definition) is 2. The topological polar surface area (TPSA) is 98.4 Å². The van der Waals surface area contributed by atoms with E-state index >= 15 is 0 Å². The molecule has 8 aliphatic carbocycles. The third kappa shape index (κ3) is 5.18. The smallest absolute Gasteiger partial charge is 0.137 e. The van der Waals surface area contributed by atoms with Crippen molar-refractivity contribution in [3.63, 3.8) is 0 Å². The van der Waals surface area contributed by atoms with E-state index in [1.807, 2.05) is 0 Å². The Labute approximate surface area is 291 Å². The number of Topliss-reactive ketones (excluding diaryl/α,β-unsaturated/α-hetero) is 2. The number of rotatable bonds is 1. The molecule has 0 unspecified atom stereocenters. The Morgan fingerprint density at radius 3 is 1.79 bits per heavy atom. The standard InChI is InChI=1S/C22H34O2.C21H31NO2/c1-13(2)17-7-8-18-16-6-5-14-11-15(23)9-10-21(14,3)20(16)19(24)12-22(17,18)4;1-20-9-7-15(23)11-14(20)3-5-16-17-6-4-13(8-10-22)21(17,2)12-18(24)19(16)20/h14-16,18,20,23H,5-12H2,1-4H3;13-17,19,23H,3-9,11-12H2,1-2H3/t14-,15+,16-,18-,20+,21-,22+;13-,14+,15-,16+,17+,19-,20+,21-/m01/s1. The summed E-state index contributed by atoms with van der Waals surface area (Å²) in [6, 6.07) is 2.37. The third-order valence-electron chi connectivity index (χ3n) is 17.6. The first-order valence-corrected chi connectivity index (χ1v) is 20.1. The normalized spacial score (nSPS) is 52.3. The molecular formula is C43H65NO4. The predicted molar refractivity (Wildman–Crippen MR) is 188 cm³/mol. The van der Waals surface area contributed by atoms with Crippen LogP contribution in [0.4, 0.5) is 0 Å². The van der Waals surface area contributed by atoms with Crippen molar-refractivity contribution < 1.29 is 19.8 Å². The minimum absolute atomic E-state index is 0.0609. The number of allylic oxidation sites excluding steroid dienone is 2. The van der Waals surface area contributed by atoms with Crippen molar-refractivity contribution in [3.8, 4) is 6.07 Å². The highest BCUT2D eigenvalue weighted by Crippen LogP contribution is 2.68. The van der Waals surface area contributed by atoms with E-state index in [1.165, 1.54) is 44.1 Å². The van der Waals surface area contributed by atoms with Crippen molar-refractivity contribution in [2.45, 2.75) is 163 Å². The van der Waals surface area contributed by atoms with Gasteiger partial charge in [0.15, 0.2) is 0 Å². The number of hydrogen-bond acceptors (Lipinski definition) is 5. The van der Waals surface area contributed by atoms with Gasteiger partial charge in [0.05, 0.1) is 18.3 Å². The second-order valence-electron chi connectivity index (χ2n) is 19.8. The second-order valence-corrected chi connectivity index (χ2v) is 19.8. The molecule has 5 heteroatoms. The fourth-order valence-corrected chi connectivity index (χ4v) is 15.3. The van der Waals surface area contributed by atoms with Crippen LogP contribution in [0.5, 0.6) is 0 Å². The molecule has 0 spiro atoms. The highest BCUT2D eigenvalue weighted by Gasteiger charge is 2.64. The average Bonchev–Trinajstić information content (AvgIpc) is 3.54. The summed E-state index contributed by atoms with van der Waals surface area (Å²) >= 11 is 0. The van der Waals surface area contributed by atoms with Gasteiger partial charge in [0.2, 0.25) is 0 Å². The predicted octanol–water partition coefficient (Wildman–Crippen LogP) is 9.00. The molecular weight excluding hydrogens is 594 g/mol. The van der Waals surface area contributed by atoms with Crippen LogP contribution in [0.3, 0.4) is 0 Å². The second kappa shape index (κ2) is 12.3.